The van der Waals surface area contributed by atoms with Crippen LogP contribution in [-0.2, 0) is 11.3 Å². The van der Waals surface area contributed by atoms with Crippen molar-refractivity contribution < 1.29 is 4.79 Å². The van der Waals surface area contributed by atoms with E-state index in [1.54, 1.807) is 18.4 Å². The van der Waals surface area contributed by atoms with E-state index in [9.17, 15) is 4.79 Å². The summed E-state index contributed by atoms with van der Waals surface area (Å²) in [5.74, 6) is 1.04. The van der Waals surface area contributed by atoms with Gasteiger partial charge in [-0.1, -0.05) is 6.92 Å². The van der Waals surface area contributed by atoms with Crippen molar-refractivity contribution in [1.82, 2.24) is 15.5 Å². The predicted octanol–water partition coefficient (Wildman–Crippen LogP) is 2.35. The number of halogens is 1. The average Bonchev–Trinajstić information content (AvgIpc) is 3.11. The minimum atomic E-state index is 0. The molecule has 5 nitrogen and oxygen atoms in total. The van der Waals surface area contributed by atoms with Crippen LogP contribution in [-0.4, -0.2) is 42.9 Å². The predicted molar refractivity (Wildman–Crippen MR) is 103 cm³/mol. The van der Waals surface area contributed by atoms with Gasteiger partial charge in [0, 0.05) is 37.5 Å². The molecule has 1 aliphatic heterocycles. The fourth-order valence-corrected chi connectivity index (χ4v) is 3.31. The van der Waals surface area contributed by atoms with E-state index in [-0.39, 0.29) is 35.9 Å². The first-order valence-corrected chi connectivity index (χ1v) is 8.30. The van der Waals surface area contributed by atoms with Gasteiger partial charge in [-0.2, -0.15) is 0 Å². The number of aliphatic imine (C=N–C) groups is 1. The van der Waals surface area contributed by atoms with E-state index in [1.807, 2.05) is 11.8 Å². The second kappa shape index (κ2) is 9.34. The van der Waals surface area contributed by atoms with Crippen molar-refractivity contribution in [2.75, 3.05) is 20.1 Å². The first-order chi connectivity index (χ1) is 10.1. The Bertz CT molecular complexity index is 517. The number of carbonyl (C=O) groups excluding carboxylic acids is 1. The number of aryl methyl sites for hydroxylation is 1. The van der Waals surface area contributed by atoms with E-state index >= 15 is 0 Å². The molecular formula is C15H25IN4OS. The van der Waals surface area contributed by atoms with Crippen molar-refractivity contribution >= 4 is 47.2 Å². The van der Waals surface area contributed by atoms with Gasteiger partial charge in [0.1, 0.15) is 0 Å². The molecule has 1 atom stereocenters. The van der Waals surface area contributed by atoms with Gasteiger partial charge in [0.2, 0.25) is 5.91 Å². The first kappa shape index (κ1) is 19.2. The van der Waals surface area contributed by atoms with Crippen molar-refractivity contribution in [3.05, 3.63) is 21.9 Å². The monoisotopic (exact) mass is 436 g/mol. The molecule has 1 saturated heterocycles. The van der Waals surface area contributed by atoms with Gasteiger partial charge in [0.25, 0.3) is 0 Å². The fraction of sp³-hybridized carbons (Fsp3) is 0.600. The Kier molecular flexibility index (Phi) is 8.16. The Morgan fingerprint density at radius 3 is 2.91 bits per heavy atom. The SMILES string of the molecule is CCC(=O)N1CCC(NC(=NC)NCc2sccc2C)C1.I. The number of rotatable bonds is 4. The molecule has 0 spiro atoms. The molecule has 1 aromatic heterocycles. The highest BCUT2D eigenvalue weighted by Crippen LogP contribution is 2.15. The zero-order chi connectivity index (χ0) is 15.2. The second-order valence-corrected chi connectivity index (χ2v) is 6.28. The van der Waals surface area contributed by atoms with E-state index < -0.39 is 0 Å². The summed E-state index contributed by atoms with van der Waals surface area (Å²) < 4.78 is 0. The molecule has 2 N–H and O–H groups in total. The third-order valence-electron chi connectivity index (χ3n) is 3.79. The molecule has 0 aromatic carbocycles. The summed E-state index contributed by atoms with van der Waals surface area (Å²) in [6.45, 7) is 6.42. The fourth-order valence-electron chi connectivity index (χ4n) is 2.47. The molecule has 1 amide bonds. The van der Waals surface area contributed by atoms with Crippen LogP contribution in [0.2, 0.25) is 0 Å². The lowest BCUT2D eigenvalue weighted by atomic mass is 10.2. The maximum Gasteiger partial charge on any atom is 0.222 e. The molecule has 0 bridgehead atoms. The zero-order valence-corrected chi connectivity index (χ0v) is 16.5. The highest BCUT2D eigenvalue weighted by Gasteiger charge is 2.25. The van der Waals surface area contributed by atoms with Gasteiger partial charge in [0.05, 0.1) is 6.54 Å². The average molecular weight is 436 g/mol. The van der Waals surface area contributed by atoms with Gasteiger partial charge < -0.3 is 15.5 Å². The lowest BCUT2D eigenvalue weighted by molar-refractivity contribution is -0.129. The number of thiophene rings is 1. The molecular weight excluding hydrogens is 411 g/mol. The molecule has 1 aromatic rings. The minimum absolute atomic E-state index is 0. The topological polar surface area (TPSA) is 56.7 Å². The Hall–Kier alpha value is -0.830. The molecule has 1 unspecified atom stereocenters. The van der Waals surface area contributed by atoms with Crippen LogP contribution in [0, 0.1) is 6.92 Å². The summed E-state index contributed by atoms with van der Waals surface area (Å²) in [6, 6.07) is 2.42. The number of carbonyl (C=O) groups is 1. The number of nitrogens with zero attached hydrogens (tertiary/aromatic N) is 2. The molecule has 124 valence electrons. The first-order valence-electron chi connectivity index (χ1n) is 7.42. The third-order valence-corrected chi connectivity index (χ3v) is 4.82. The summed E-state index contributed by atoms with van der Waals surface area (Å²) in [5, 5.41) is 8.85. The molecule has 22 heavy (non-hydrogen) atoms. The Morgan fingerprint density at radius 2 is 2.32 bits per heavy atom. The van der Waals surface area contributed by atoms with Gasteiger partial charge >= 0.3 is 0 Å². The zero-order valence-electron chi connectivity index (χ0n) is 13.4. The number of hydrogen-bond donors (Lipinski definition) is 2. The molecule has 0 radical (unpaired) electrons. The van der Waals surface area contributed by atoms with Crippen LogP contribution in [0.3, 0.4) is 0 Å². The summed E-state index contributed by atoms with van der Waals surface area (Å²) in [4.78, 5) is 19.2. The smallest absolute Gasteiger partial charge is 0.222 e. The number of likely N-dealkylation sites (tertiary alicyclic amines) is 1. The number of amides is 1. The minimum Gasteiger partial charge on any atom is -0.352 e. The van der Waals surface area contributed by atoms with E-state index in [0.29, 0.717) is 6.42 Å². The van der Waals surface area contributed by atoms with Crippen LogP contribution in [0.1, 0.15) is 30.2 Å². The van der Waals surface area contributed by atoms with Crippen LogP contribution in [0.25, 0.3) is 0 Å². The summed E-state index contributed by atoms with van der Waals surface area (Å²) in [6.07, 6.45) is 1.56. The van der Waals surface area contributed by atoms with Crippen molar-refractivity contribution in [3.63, 3.8) is 0 Å². The molecule has 1 aliphatic rings. The van der Waals surface area contributed by atoms with E-state index in [2.05, 4.69) is 34.0 Å². The van der Waals surface area contributed by atoms with E-state index in [1.165, 1.54) is 10.4 Å². The largest absolute Gasteiger partial charge is 0.352 e. The normalized spacial score (nSPS) is 18.0. The molecule has 0 saturated carbocycles. The molecule has 2 rings (SSSR count). The van der Waals surface area contributed by atoms with Gasteiger partial charge in [-0.25, -0.2) is 0 Å². The van der Waals surface area contributed by atoms with Crippen molar-refractivity contribution in [2.45, 2.75) is 39.3 Å². The van der Waals surface area contributed by atoms with Crippen LogP contribution < -0.4 is 10.6 Å². The maximum absolute atomic E-state index is 11.7. The maximum atomic E-state index is 11.7. The molecule has 0 aliphatic carbocycles. The van der Waals surface area contributed by atoms with Gasteiger partial charge in [-0.15, -0.1) is 35.3 Å². The van der Waals surface area contributed by atoms with E-state index in [4.69, 9.17) is 0 Å². The quantitative estimate of drug-likeness (QED) is 0.433. The van der Waals surface area contributed by atoms with Crippen LogP contribution in [0.5, 0.6) is 0 Å². The lowest BCUT2D eigenvalue weighted by Crippen LogP contribution is -2.44. The van der Waals surface area contributed by atoms with Crippen molar-refractivity contribution in [3.8, 4) is 0 Å². The Labute approximate surface area is 153 Å². The summed E-state index contributed by atoms with van der Waals surface area (Å²) in [7, 11) is 1.78. The van der Waals surface area contributed by atoms with Crippen LogP contribution in [0.4, 0.5) is 0 Å². The molecule has 2 heterocycles. The van der Waals surface area contributed by atoms with Crippen LogP contribution in [0.15, 0.2) is 16.4 Å². The Morgan fingerprint density at radius 1 is 1.55 bits per heavy atom. The van der Waals surface area contributed by atoms with Crippen molar-refractivity contribution in [1.29, 1.82) is 0 Å². The number of guanidine groups is 1. The Balaban J connectivity index is 0.00000242. The standard InChI is InChI=1S/C15H24N4OS.HI/c1-4-14(20)19-7-5-12(10-19)18-15(16-3)17-9-13-11(2)6-8-21-13;/h6,8,12H,4-5,7,9-10H2,1-3H3,(H2,16,17,18);1H. The molecule has 1 fully saturated rings. The number of hydrogen-bond acceptors (Lipinski definition) is 3. The highest BCUT2D eigenvalue weighted by molar-refractivity contribution is 14.0. The molecule has 7 heteroatoms. The van der Waals surface area contributed by atoms with Crippen molar-refractivity contribution in [2.24, 2.45) is 4.99 Å². The highest BCUT2D eigenvalue weighted by atomic mass is 127. The van der Waals surface area contributed by atoms with E-state index in [0.717, 1.165) is 32.0 Å². The second-order valence-electron chi connectivity index (χ2n) is 5.28. The van der Waals surface area contributed by atoms with Gasteiger partial charge in [-0.05, 0) is 30.4 Å². The number of nitrogens with one attached hydrogen (secondary N) is 2. The van der Waals surface area contributed by atoms with Crippen LogP contribution >= 0.6 is 35.3 Å². The summed E-state index contributed by atoms with van der Waals surface area (Å²) >= 11 is 1.75. The van der Waals surface area contributed by atoms with Gasteiger partial charge in [-0.3, -0.25) is 9.79 Å². The lowest BCUT2D eigenvalue weighted by Gasteiger charge is -2.18. The third kappa shape index (κ3) is 5.12. The summed E-state index contributed by atoms with van der Waals surface area (Å²) in [5.41, 5.74) is 1.31. The van der Waals surface area contributed by atoms with Gasteiger partial charge in [0.15, 0.2) is 5.96 Å².